The first-order valence-corrected chi connectivity index (χ1v) is 5.83. The highest BCUT2D eigenvalue weighted by Gasteiger charge is 2.11. The lowest BCUT2D eigenvalue weighted by atomic mass is 9.97. The molecule has 0 N–H and O–H groups in total. The third kappa shape index (κ3) is 1.92. The maximum Gasteiger partial charge on any atom is 0.120 e. The predicted octanol–water partition coefficient (Wildman–Crippen LogP) is 3.30. The molecule has 0 saturated heterocycles. The summed E-state index contributed by atoms with van der Waals surface area (Å²) in [7, 11) is 0. The molecule has 0 spiro atoms. The summed E-state index contributed by atoms with van der Waals surface area (Å²) in [5.41, 5.74) is 2.25. The number of aldehydes is 1. The smallest absolute Gasteiger partial charge is 0.120 e. The second kappa shape index (κ2) is 4.11. The first kappa shape index (κ1) is 10.3. The van der Waals surface area contributed by atoms with Gasteiger partial charge in [-0.25, -0.2) is 4.98 Å². The molecule has 0 aliphatic heterocycles. The first-order valence-electron chi connectivity index (χ1n) is 5.02. The van der Waals surface area contributed by atoms with E-state index in [1.807, 2.05) is 13.0 Å². The largest absolute Gasteiger partial charge is 0.303 e. The van der Waals surface area contributed by atoms with Crippen LogP contribution in [0.4, 0.5) is 0 Å². The van der Waals surface area contributed by atoms with Gasteiger partial charge in [-0.1, -0.05) is 19.1 Å². The Balaban J connectivity index is 2.54. The summed E-state index contributed by atoms with van der Waals surface area (Å²) in [5, 5.41) is 1.08. The lowest BCUT2D eigenvalue weighted by molar-refractivity contribution is -0.108. The number of carbonyl (C=O) groups is 1. The van der Waals surface area contributed by atoms with Gasteiger partial charge in [0.25, 0.3) is 0 Å². The maximum absolute atomic E-state index is 10.5. The van der Waals surface area contributed by atoms with E-state index in [1.54, 1.807) is 11.3 Å². The van der Waals surface area contributed by atoms with Crippen molar-refractivity contribution < 1.29 is 4.79 Å². The number of nitrogens with zero attached hydrogens (tertiary/aromatic N) is 1. The van der Waals surface area contributed by atoms with Crippen molar-refractivity contribution in [3.8, 4) is 0 Å². The van der Waals surface area contributed by atoms with Gasteiger partial charge >= 0.3 is 0 Å². The van der Waals surface area contributed by atoms with Gasteiger partial charge in [-0.2, -0.15) is 0 Å². The van der Waals surface area contributed by atoms with E-state index < -0.39 is 0 Å². The molecule has 0 aliphatic rings. The minimum atomic E-state index is 0.257. The van der Waals surface area contributed by atoms with E-state index in [0.717, 1.165) is 16.8 Å². The van der Waals surface area contributed by atoms with E-state index in [9.17, 15) is 4.79 Å². The van der Waals surface area contributed by atoms with Crippen LogP contribution < -0.4 is 0 Å². The van der Waals surface area contributed by atoms with E-state index in [0.29, 0.717) is 6.42 Å². The maximum atomic E-state index is 10.5. The molecule has 1 aromatic carbocycles. The average molecular weight is 219 g/mol. The Hall–Kier alpha value is -1.22. The van der Waals surface area contributed by atoms with Gasteiger partial charge in [0, 0.05) is 6.42 Å². The van der Waals surface area contributed by atoms with Crippen LogP contribution in [0.1, 0.15) is 29.8 Å². The van der Waals surface area contributed by atoms with Crippen molar-refractivity contribution in [2.45, 2.75) is 26.2 Å². The number of aryl methyl sites for hydroxylation is 1. The molecule has 0 bridgehead atoms. The van der Waals surface area contributed by atoms with Gasteiger partial charge in [-0.05, 0) is 24.5 Å². The van der Waals surface area contributed by atoms with Gasteiger partial charge in [-0.15, -0.1) is 11.3 Å². The Labute approximate surface area is 93.0 Å². The van der Waals surface area contributed by atoms with Gasteiger partial charge < -0.3 is 4.79 Å². The molecule has 0 radical (unpaired) electrons. The van der Waals surface area contributed by atoms with Crippen molar-refractivity contribution in [2.75, 3.05) is 0 Å². The molecular weight excluding hydrogens is 206 g/mol. The fourth-order valence-electron chi connectivity index (χ4n) is 1.75. The monoisotopic (exact) mass is 219 g/mol. The second-order valence-corrected chi connectivity index (χ2v) is 4.97. The summed E-state index contributed by atoms with van der Waals surface area (Å²) in [6, 6.07) is 6.18. The number of thiazole rings is 1. The van der Waals surface area contributed by atoms with Crippen LogP contribution in [0.5, 0.6) is 0 Å². The van der Waals surface area contributed by atoms with Gasteiger partial charge in [-0.3, -0.25) is 0 Å². The molecule has 78 valence electrons. The molecule has 0 fully saturated rings. The van der Waals surface area contributed by atoms with E-state index in [2.05, 4.69) is 24.0 Å². The van der Waals surface area contributed by atoms with Crippen molar-refractivity contribution in [1.29, 1.82) is 0 Å². The zero-order chi connectivity index (χ0) is 10.8. The summed E-state index contributed by atoms with van der Waals surface area (Å²) in [4.78, 5) is 15.0. The van der Waals surface area contributed by atoms with Crippen LogP contribution in [0.2, 0.25) is 0 Å². The summed E-state index contributed by atoms with van der Waals surface area (Å²) < 4.78 is 1.21. The molecule has 1 unspecified atom stereocenters. The summed E-state index contributed by atoms with van der Waals surface area (Å²) in [6.07, 6.45) is 1.54. The molecule has 0 amide bonds. The van der Waals surface area contributed by atoms with Crippen LogP contribution in [-0.2, 0) is 4.79 Å². The molecule has 1 atom stereocenters. The number of para-hydroxylation sites is 1. The molecule has 2 nitrogen and oxygen atoms in total. The van der Waals surface area contributed by atoms with E-state index >= 15 is 0 Å². The van der Waals surface area contributed by atoms with Crippen molar-refractivity contribution in [1.82, 2.24) is 4.98 Å². The Bertz CT molecular complexity index is 489. The summed E-state index contributed by atoms with van der Waals surface area (Å²) >= 11 is 1.70. The van der Waals surface area contributed by atoms with Gasteiger partial charge in [0.15, 0.2) is 0 Å². The van der Waals surface area contributed by atoms with Crippen LogP contribution in [0.15, 0.2) is 18.2 Å². The molecule has 1 heterocycles. The fourth-order valence-corrected chi connectivity index (χ4v) is 2.61. The number of hydrogen-bond donors (Lipinski definition) is 0. The third-order valence-corrected chi connectivity index (χ3v) is 3.47. The minimum absolute atomic E-state index is 0.257. The molecular formula is C12H13NOS. The topological polar surface area (TPSA) is 30.0 Å². The molecule has 0 aliphatic carbocycles. The standard InChI is InChI=1S/C12H13NOS/c1-8(6-7-14)10-4-3-5-11-12(10)13-9(2)15-11/h3-5,7-8H,6H2,1-2H3. The highest BCUT2D eigenvalue weighted by atomic mass is 32.1. The van der Waals surface area contributed by atoms with Gasteiger partial charge in [0.05, 0.1) is 15.2 Å². The molecule has 3 heteroatoms. The lowest BCUT2D eigenvalue weighted by Gasteiger charge is -2.08. The first-order chi connectivity index (χ1) is 7.22. The summed E-state index contributed by atoms with van der Waals surface area (Å²) in [6.45, 7) is 4.08. The lowest BCUT2D eigenvalue weighted by Crippen LogP contribution is -1.95. The Morgan fingerprint density at radius 1 is 1.53 bits per heavy atom. The number of carbonyl (C=O) groups excluding carboxylic acids is 1. The zero-order valence-electron chi connectivity index (χ0n) is 8.86. The number of benzene rings is 1. The zero-order valence-corrected chi connectivity index (χ0v) is 9.67. The van der Waals surface area contributed by atoms with Crippen molar-refractivity contribution in [3.63, 3.8) is 0 Å². The molecule has 2 rings (SSSR count). The molecule has 0 saturated carbocycles. The highest BCUT2D eigenvalue weighted by molar-refractivity contribution is 7.18. The van der Waals surface area contributed by atoms with Crippen LogP contribution >= 0.6 is 11.3 Å². The Kier molecular flexibility index (Phi) is 2.82. The number of aromatic nitrogens is 1. The SMILES string of the molecule is Cc1nc2c(C(C)CC=O)cccc2s1. The quantitative estimate of drug-likeness (QED) is 0.741. The number of rotatable bonds is 3. The van der Waals surface area contributed by atoms with Crippen molar-refractivity contribution in [2.24, 2.45) is 0 Å². The number of hydrogen-bond acceptors (Lipinski definition) is 3. The normalized spacial score (nSPS) is 12.9. The van der Waals surface area contributed by atoms with Crippen LogP contribution in [0, 0.1) is 6.92 Å². The number of fused-ring (bicyclic) bond motifs is 1. The highest BCUT2D eigenvalue weighted by Crippen LogP contribution is 2.29. The van der Waals surface area contributed by atoms with E-state index in [-0.39, 0.29) is 5.92 Å². The van der Waals surface area contributed by atoms with Crippen LogP contribution in [0.25, 0.3) is 10.2 Å². The van der Waals surface area contributed by atoms with E-state index in [1.165, 1.54) is 10.3 Å². The summed E-state index contributed by atoms with van der Waals surface area (Å²) in [5.74, 6) is 0.257. The molecule has 2 aromatic rings. The second-order valence-electron chi connectivity index (χ2n) is 3.73. The third-order valence-electron chi connectivity index (χ3n) is 2.54. The van der Waals surface area contributed by atoms with Crippen LogP contribution in [0.3, 0.4) is 0 Å². The van der Waals surface area contributed by atoms with Gasteiger partial charge in [0.2, 0.25) is 0 Å². The Morgan fingerprint density at radius 2 is 2.33 bits per heavy atom. The Morgan fingerprint density at radius 3 is 3.07 bits per heavy atom. The average Bonchev–Trinajstić information content (AvgIpc) is 2.57. The van der Waals surface area contributed by atoms with Crippen molar-refractivity contribution in [3.05, 3.63) is 28.8 Å². The fraction of sp³-hybridized carbons (Fsp3) is 0.333. The molecule has 15 heavy (non-hydrogen) atoms. The van der Waals surface area contributed by atoms with Crippen molar-refractivity contribution >= 4 is 27.8 Å². The predicted molar refractivity (Wildman–Crippen MR) is 63.5 cm³/mol. The van der Waals surface area contributed by atoms with Gasteiger partial charge in [0.1, 0.15) is 6.29 Å². The van der Waals surface area contributed by atoms with Crippen LogP contribution in [-0.4, -0.2) is 11.3 Å². The molecule has 1 aromatic heterocycles. The van der Waals surface area contributed by atoms with E-state index in [4.69, 9.17) is 0 Å². The minimum Gasteiger partial charge on any atom is -0.303 e.